The molecule has 0 aliphatic rings. The molecule has 1 rings (SSSR count). The molecule has 0 aliphatic heterocycles. The molecule has 0 radical (unpaired) electrons. The van der Waals surface area contributed by atoms with Gasteiger partial charge in [-0.2, -0.15) is 24.9 Å². The maximum absolute atomic E-state index is 12.8. The van der Waals surface area contributed by atoms with Crippen LogP contribution in [0.1, 0.15) is 12.5 Å². The van der Waals surface area contributed by atoms with Gasteiger partial charge in [0.2, 0.25) is 5.88 Å². The van der Waals surface area contributed by atoms with Crippen LogP contribution < -0.4 is 15.4 Å². The Bertz CT molecular complexity index is 497. The molecule has 0 unspecified atom stereocenters. The van der Waals surface area contributed by atoms with E-state index in [-0.39, 0.29) is 6.61 Å². The van der Waals surface area contributed by atoms with Crippen molar-refractivity contribution in [3.05, 3.63) is 23.9 Å². The molecular weight excluding hydrogens is 329 g/mol. The second kappa shape index (κ2) is 10.2. The number of aromatic nitrogens is 1. The van der Waals surface area contributed by atoms with Gasteiger partial charge in [0.1, 0.15) is 12.2 Å². The van der Waals surface area contributed by atoms with Crippen molar-refractivity contribution in [2.75, 3.05) is 38.2 Å². The first-order valence-electron chi connectivity index (χ1n) is 7.15. The Balaban J connectivity index is 2.49. The number of thioether (sulfide) groups is 1. The molecule has 1 aromatic rings. The van der Waals surface area contributed by atoms with Crippen LogP contribution in [0.5, 0.6) is 5.88 Å². The fourth-order valence-electron chi connectivity index (χ4n) is 1.63. The Labute approximate surface area is 138 Å². The summed E-state index contributed by atoms with van der Waals surface area (Å²) in [6, 6.07) is 2.18. The molecule has 1 heterocycles. The van der Waals surface area contributed by atoms with E-state index >= 15 is 0 Å². The van der Waals surface area contributed by atoms with E-state index in [0.717, 1.165) is 11.8 Å². The minimum Gasteiger partial charge on any atom is -0.475 e. The molecule has 0 bridgehead atoms. The van der Waals surface area contributed by atoms with Crippen LogP contribution in [0.2, 0.25) is 0 Å². The number of nitrogens with zero attached hydrogens (tertiary/aromatic N) is 2. The number of aliphatic imine (C=N–C) groups is 1. The highest BCUT2D eigenvalue weighted by molar-refractivity contribution is 7.98. The highest BCUT2D eigenvalue weighted by atomic mass is 32.2. The molecule has 0 amide bonds. The largest absolute Gasteiger partial charge is 0.475 e. The number of nitrogens with one attached hydrogen (secondary N) is 2. The van der Waals surface area contributed by atoms with E-state index in [1.54, 1.807) is 11.8 Å². The molecule has 9 heteroatoms. The second-order valence-electron chi connectivity index (χ2n) is 4.38. The van der Waals surface area contributed by atoms with Crippen molar-refractivity contribution >= 4 is 17.7 Å². The van der Waals surface area contributed by atoms with Gasteiger partial charge in [0, 0.05) is 18.5 Å². The Kier molecular flexibility index (Phi) is 8.60. The summed E-state index contributed by atoms with van der Waals surface area (Å²) in [5.74, 6) is 1.10. The Hall–Kier alpha value is -1.64. The molecule has 0 spiro atoms. The zero-order valence-electron chi connectivity index (χ0n) is 13.1. The van der Waals surface area contributed by atoms with Crippen molar-refractivity contribution in [2.45, 2.75) is 13.1 Å². The third-order valence-corrected chi connectivity index (χ3v) is 3.21. The third-order valence-electron chi connectivity index (χ3n) is 2.62. The first-order chi connectivity index (χ1) is 11.0. The van der Waals surface area contributed by atoms with E-state index in [9.17, 15) is 13.2 Å². The normalized spacial score (nSPS) is 12.1. The van der Waals surface area contributed by atoms with Crippen molar-refractivity contribution in [1.82, 2.24) is 15.6 Å². The highest BCUT2D eigenvalue weighted by Gasteiger charge is 2.34. The number of halogens is 3. The number of hydrogen-bond donors (Lipinski definition) is 2. The van der Waals surface area contributed by atoms with Crippen molar-refractivity contribution in [3.63, 3.8) is 0 Å². The van der Waals surface area contributed by atoms with Gasteiger partial charge in [-0.1, -0.05) is 0 Å². The predicted octanol–water partition coefficient (Wildman–Crippen LogP) is 2.40. The Morgan fingerprint density at radius 2 is 2.17 bits per heavy atom. The lowest BCUT2D eigenvalue weighted by molar-refractivity contribution is -0.139. The van der Waals surface area contributed by atoms with Gasteiger partial charge in [0.25, 0.3) is 0 Å². The Morgan fingerprint density at radius 1 is 1.39 bits per heavy atom. The molecule has 0 aromatic carbocycles. The fraction of sp³-hybridized carbons (Fsp3) is 0.571. The molecule has 0 atom stereocenters. The lowest BCUT2D eigenvalue weighted by Gasteiger charge is -2.14. The van der Waals surface area contributed by atoms with Crippen molar-refractivity contribution in [1.29, 1.82) is 0 Å². The fourth-order valence-corrected chi connectivity index (χ4v) is 1.90. The number of guanidine groups is 1. The first-order valence-corrected chi connectivity index (χ1v) is 8.54. The zero-order chi connectivity index (χ0) is 17.1. The lowest BCUT2D eigenvalue weighted by atomic mass is 10.2. The number of ether oxygens (including phenoxy) is 1. The van der Waals surface area contributed by atoms with Crippen LogP contribution in [0.15, 0.2) is 23.3 Å². The molecule has 0 saturated heterocycles. The van der Waals surface area contributed by atoms with E-state index in [4.69, 9.17) is 4.74 Å². The van der Waals surface area contributed by atoms with Crippen LogP contribution in [-0.2, 0) is 6.18 Å². The monoisotopic (exact) mass is 350 g/mol. The predicted molar refractivity (Wildman–Crippen MR) is 87.1 cm³/mol. The van der Waals surface area contributed by atoms with E-state index < -0.39 is 17.6 Å². The highest BCUT2D eigenvalue weighted by Crippen LogP contribution is 2.34. The van der Waals surface area contributed by atoms with E-state index in [2.05, 4.69) is 20.6 Å². The average Bonchev–Trinajstić information content (AvgIpc) is 2.51. The van der Waals surface area contributed by atoms with E-state index in [1.807, 2.05) is 13.2 Å². The third kappa shape index (κ3) is 7.45. The smallest absolute Gasteiger partial charge is 0.421 e. The molecule has 0 aliphatic carbocycles. The second-order valence-corrected chi connectivity index (χ2v) is 5.37. The van der Waals surface area contributed by atoms with Gasteiger partial charge in [0.05, 0.1) is 13.1 Å². The lowest BCUT2D eigenvalue weighted by Crippen LogP contribution is -2.39. The molecule has 23 heavy (non-hydrogen) atoms. The molecule has 1 aromatic heterocycles. The summed E-state index contributed by atoms with van der Waals surface area (Å²) in [6.45, 7) is 3.66. The molecule has 0 fully saturated rings. The van der Waals surface area contributed by atoms with Gasteiger partial charge in [0.15, 0.2) is 5.96 Å². The maximum atomic E-state index is 12.8. The summed E-state index contributed by atoms with van der Waals surface area (Å²) in [4.78, 5) is 7.97. The van der Waals surface area contributed by atoms with Crippen LogP contribution in [-0.4, -0.2) is 49.2 Å². The number of pyridine rings is 1. The van der Waals surface area contributed by atoms with Gasteiger partial charge in [-0.3, -0.25) is 4.99 Å². The summed E-state index contributed by atoms with van der Waals surface area (Å²) < 4.78 is 43.5. The summed E-state index contributed by atoms with van der Waals surface area (Å²) >= 11 is 1.69. The van der Waals surface area contributed by atoms with Gasteiger partial charge >= 0.3 is 6.18 Å². The van der Waals surface area contributed by atoms with Crippen molar-refractivity contribution in [2.24, 2.45) is 4.99 Å². The van der Waals surface area contributed by atoms with Crippen molar-refractivity contribution in [3.8, 4) is 5.88 Å². The van der Waals surface area contributed by atoms with E-state index in [0.29, 0.717) is 25.6 Å². The molecule has 130 valence electrons. The van der Waals surface area contributed by atoms with Crippen LogP contribution in [0, 0.1) is 0 Å². The number of hydrogen-bond acceptors (Lipinski definition) is 4. The van der Waals surface area contributed by atoms with Crippen LogP contribution in [0.25, 0.3) is 0 Å². The minimum atomic E-state index is -4.48. The molecule has 5 nitrogen and oxygen atoms in total. The number of alkyl halides is 3. The molecule has 2 N–H and O–H groups in total. The van der Waals surface area contributed by atoms with Crippen LogP contribution >= 0.6 is 11.8 Å². The van der Waals surface area contributed by atoms with E-state index in [1.165, 1.54) is 12.3 Å². The zero-order valence-corrected chi connectivity index (χ0v) is 13.9. The van der Waals surface area contributed by atoms with Gasteiger partial charge in [-0.05, 0) is 25.3 Å². The average molecular weight is 350 g/mol. The number of rotatable bonds is 8. The van der Waals surface area contributed by atoms with Gasteiger partial charge in [-0.15, -0.1) is 0 Å². The maximum Gasteiger partial charge on any atom is 0.421 e. The minimum absolute atomic E-state index is 0.0486. The van der Waals surface area contributed by atoms with Crippen molar-refractivity contribution < 1.29 is 17.9 Å². The quantitative estimate of drug-likeness (QED) is 0.428. The first kappa shape index (κ1) is 19.4. The topological polar surface area (TPSA) is 58.5 Å². The van der Waals surface area contributed by atoms with Gasteiger partial charge in [-0.25, -0.2) is 4.98 Å². The molecule has 0 saturated carbocycles. The van der Waals surface area contributed by atoms with Gasteiger partial charge < -0.3 is 15.4 Å². The summed E-state index contributed by atoms with van der Waals surface area (Å²) in [5.41, 5.74) is -0.874. The van der Waals surface area contributed by atoms with Crippen LogP contribution in [0.4, 0.5) is 13.2 Å². The summed E-state index contributed by atoms with van der Waals surface area (Å²) in [7, 11) is 0. The molecular formula is C14H21F3N4OS. The summed E-state index contributed by atoms with van der Waals surface area (Å²) in [5, 5.41) is 6.06. The summed E-state index contributed by atoms with van der Waals surface area (Å²) in [6.07, 6.45) is -1.22. The standard InChI is InChI=1S/C14H21F3N4OS/c1-3-18-13(21-8-10-23-2)20-7-9-22-12-11(14(15,16)17)5-4-6-19-12/h4-6H,3,7-10H2,1-2H3,(H2,18,20,21). The SMILES string of the molecule is CCNC(=NCCSC)NCCOc1ncccc1C(F)(F)F. The van der Waals surface area contributed by atoms with Crippen LogP contribution in [0.3, 0.4) is 0 Å². The Morgan fingerprint density at radius 3 is 2.83 bits per heavy atom.